The zero-order valence-electron chi connectivity index (χ0n) is 16.2. The molecule has 2 aromatic heterocycles. The number of methoxy groups -OCH3 is 1. The summed E-state index contributed by atoms with van der Waals surface area (Å²) in [6, 6.07) is 20.1. The molecule has 9 nitrogen and oxygen atoms in total. The van der Waals surface area contributed by atoms with Crippen LogP contribution in [0, 0.1) is 0 Å². The van der Waals surface area contributed by atoms with Gasteiger partial charge in [-0.05, 0) is 18.2 Å². The molecule has 0 aliphatic rings. The van der Waals surface area contributed by atoms with Crippen molar-refractivity contribution in [3.8, 4) is 17.0 Å². The van der Waals surface area contributed by atoms with E-state index >= 15 is 0 Å². The fourth-order valence-corrected chi connectivity index (χ4v) is 2.89. The Kier molecular flexibility index (Phi) is 5.33. The van der Waals surface area contributed by atoms with Crippen molar-refractivity contribution in [3.05, 3.63) is 82.9 Å². The predicted molar refractivity (Wildman–Crippen MR) is 114 cm³/mol. The second-order valence-corrected chi connectivity index (χ2v) is 6.34. The van der Waals surface area contributed by atoms with E-state index in [1.54, 1.807) is 13.2 Å². The molecule has 0 bridgehead atoms. The van der Waals surface area contributed by atoms with Gasteiger partial charge in [0.05, 0.1) is 18.5 Å². The van der Waals surface area contributed by atoms with E-state index in [-0.39, 0.29) is 24.0 Å². The molecule has 0 amide bonds. The normalized spacial score (nSPS) is 10.6. The second kappa shape index (κ2) is 8.39. The zero-order valence-corrected chi connectivity index (χ0v) is 16.2. The highest BCUT2D eigenvalue weighted by molar-refractivity contribution is 5.62. The third-order valence-electron chi connectivity index (χ3n) is 4.28. The highest BCUT2D eigenvalue weighted by Gasteiger charge is 2.10. The van der Waals surface area contributed by atoms with Crippen LogP contribution in [-0.4, -0.2) is 31.8 Å². The lowest BCUT2D eigenvalue weighted by Crippen LogP contribution is -2.24. The smallest absolute Gasteiger partial charge is 0.267 e. The van der Waals surface area contributed by atoms with Gasteiger partial charge in [-0.2, -0.15) is 20.1 Å². The first-order valence-electron chi connectivity index (χ1n) is 9.16. The molecule has 4 aromatic rings. The fraction of sp³-hybridized carbons (Fsp3) is 0.0952. The van der Waals surface area contributed by atoms with Gasteiger partial charge in [-0.25, -0.2) is 4.68 Å². The Morgan fingerprint density at radius 2 is 1.73 bits per heavy atom. The van der Waals surface area contributed by atoms with Gasteiger partial charge in [0, 0.05) is 11.6 Å². The second-order valence-electron chi connectivity index (χ2n) is 6.34. The summed E-state index contributed by atoms with van der Waals surface area (Å²) in [4.78, 5) is 24.9. The number of hydrogen-bond donors (Lipinski definition) is 2. The van der Waals surface area contributed by atoms with Crippen LogP contribution in [0.3, 0.4) is 0 Å². The molecule has 0 spiro atoms. The van der Waals surface area contributed by atoms with E-state index < -0.39 is 0 Å². The Labute approximate surface area is 172 Å². The first-order valence-corrected chi connectivity index (χ1v) is 9.16. The van der Waals surface area contributed by atoms with Gasteiger partial charge in [0.2, 0.25) is 11.9 Å². The third-order valence-corrected chi connectivity index (χ3v) is 4.28. The van der Waals surface area contributed by atoms with Gasteiger partial charge in [0.15, 0.2) is 5.82 Å². The number of rotatable bonds is 6. The molecule has 4 rings (SSSR count). The maximum atomic E-state index is 12.3. The maximum Gasteiger partial charge on any atom is 0.267 e. The number of ether oxygens (including phenoxy) is 1. The lowest BCUT2D eigenvalue weighted by atomic mass is 10.1. The van der Waals surface area contributed by atoms with Crippen LogP contribution in [0.2, 0.25) is 0 Å². The van der Waals surface area contributed by atoms with E-state index in [0.717, 1.165) is 5.56 Å². The van der Waals surface area contributed by atoms with Crippen molar-refractivity contribution in [2.24, 2.45) is 0 Å². The minimum Gasteiger partial charge on any atom is -0.495 e. The zero-order chi connectivity index (χ0) is 20.9. The Morgan fingerprint density at radius 1 is 0.967 bits per heavy atom. The summed E-state index contributed by atoms with van der Waals surface area (Å²) < 4.78 is 6.62. The Morgan fingerprint density at radius 3 is 2.53 bits per heavy atom. The number of benzene rings is 2. The molecule has 3 N–H and O–H groups in total. The molecule has 0 saturated heterocycles. The van der Waals surface area contributed by atoms with Crippen molar-refractivity contribution >= 4 is 17.6 Å². The lowest BCUT2D eigenvalue weighted by Gasteiger charge is -2.11. The Bertz CT molecular complexity index is 1230. The quantitative estimate of drug-likeness (QED) is 0.505. The molecule has 0 aliphatic carbocycles. The topological polar surface area (TPSA) is 121 Å². The fourth-order valence-electron chi connectivity index (χ4n) is 2.89. The van der Waals surface area contributed by atoms with E-state index in [2.05, 4.69) is 25.4 Å². The van der Waals surface area contributed by atoms with Gasteiger partial charge in [-0.3, -0.25) is 4.79 Å². The highest BCUT2D eigenvalue weighted by Crippen LogP contribution is 2.25. The number of nitrogens with two attached hydrogens (primary N) is 1. The SMILES string of the molecule is COc1ccccc1Nc1nc(N)nc(Cn2nc(-c3ccccc3)ccc2=O)n1. The van der Waals surface area contributed by atoms with Crippen molar-refractivity contribution in [1.29, 1.82) is 0 Å². The first-order chi connectivity index (χ1) is 14.6. The average molecular weight is 401 g/mol. The van der Waals surface area contributed by atoms with Crippen LogP contribution in [0.4, 0.5) is 17.6 Å². The highest BCUT2D eigenvalue weighted by atomic mass is 16.5. The van der Waals surface area contributed by atoms with Crippen LogP contribution in [0.5, 0.6) is 5.75 Å². The molecule has 2 heterocycles. The molecule has 2 aromatic carbocycles. The molecule has 0 fully saturated rings. The monoisotopic (exact) mass is 401 g/mol. The lowest BCUT2D eigenvalue weighted by molar-refractivity contribution is 0.417. The van der Waals surface area contributed by atoms with Crippen LogP contribution in [0.25, 0.3) is 11.3 Å². The minimum absolute atomic E-state index is 0.0321. The van der Waals surface area contributed by atoms with Gasteiger partial charge in [0.25, 0.3) is 5.56 Å². The summed E-state index contributed by atoms with van der Waals surface area (Å²) in [6.07, 6.45) is 0. The number of para-hydroxylation sites is 2. The molecule has 0 aliphatic heterocycles. The number of hydrogen-bond acceptors (Lipinski definition) is 8. The van der Waals surface area contributed by atoms with E-state index in [1.807, 2.05) is 54.6 Å². The first kappa shape index (κ1) is 19.1. The van der Waals surface area contributed by atoms with Crippen molar-refractivity contribution < 1.29 is 4.74 Å². The molecule has 0 saturated carbocycles. The molecular formula is C21H19N7O2. The van der Waals surface area contributed by atoms with Crippen molar-refractivity contribution in [2.75, 3.05) is 18.2 Å². The largest absolute Gasteiger partial charge is 0.495 e. The van der Waals surface area contributed by atoms with E-state index in [0.29, 0.717) is 23.0 Å². The average Bonchev–Trinajstić information content (AvgIpc) is 2.76. The van der Waals surface area contributed by atoms with Gasteiger partial charge in [0.1, 0.15) is 12.3 Å². The maximum absolute atomic E-state index is 12.3. The Balaban J connectivity index is 1.63. The molecular weight excluding hydrogens is 382 g/mol. The number of nitrogens with zero attached hydrogens (tertiary/aromatic N) is 5. The van der Waals surface area contributed by atoms with Gasteiger partial charge in [-0.15, -0.1) is 0 Å². The van der Waals surface area contributed by atoms with Crippen LogP contribution in [-0.2, 0) is 6.54 Å². The number of nitrogen functional groups attached to an aromatic ring is 1. The molecule has 0 radical (unpaired) electrons. The van der Waals surface area contributed by atoms with Crippen LogP contribution >= 0.6 is 0 Å². The molecule has 150 valence electrons. The number of aromatic nitrogens is 5. The summed E-state index contributed by atoms with van der Waals surface area (Å²) >= 11 is 0. The summed E-state index contributed by atoms with van der Waals surface area (Å²) in [7, 11) is 1.57. The van der Waals surface area contributed by atoms with Crippen LogP contribution in [0.1, 0.15) is 5.82 Å². The van der Waals surface area contributed by atoms with E-state index in [4.69, 9.17) is 10.5 Å². The molecule has 0 unspecified atom stereocenters. The van der Waals surface area contributed by atoms with Crippen LogP contribution in [0.15, 0.2) is 71.5 Å². The summed E-state index contributed by atoms with van der Waals surface area (Å²) in [6.45, 7) is 0.0484. The van der Waals surface area contributed by atoms with Crippen LogP contribution < -0.4 is 21.3 Å². The van der Waals surface area contributed by atoms with E-state index in [1.165, 1.54) is 10.7 Å². The number of nitrogens with one attached hydrogen (secondary N) is 1. The standard InChI is InChI=1S/C21H19N7O2/c1-30-17-10-6-5-9-16(17)23-21-25-18(24-20(22)26-21)13-28-19(29)12-11-15(27-28)14-7-3-2-4-8-14/h2-12H,13H2,1H3,(H3,22,23,24,25,26). The van der Waals surface area contributed by atoms with Gasteiger partial charge in [-0.1, -0.05) is 42.5 Å². The van der Waals surface area contributed by atoms with Crippen molar-refractivity contribution in [2.45, 2.75) is 6.54 Å². The molecule has 0 atom stereocenters. The van der Waals surface area contributed by atoms with E-state index in [9.17, 15) is 4.79 Å². The number of anilines is 3. The van der Waals surface area contributed by atoms with Crippen molar-refractivity contribution in [1.82, 2.24) is 24.7 Å². The van der Waals surface area contributed by atoms with Gasteiger partial charge < -0.3 is 15.8 Å². The molecule has 9 heteroatoms. The third kappa shape index (κ3) is 4.25. The minimum atomic E-state index is -0.270. The summed E-state index contributed by atoms with van der Waals surface area (Å²) in [5.41, 5.74) is 7.84. The predicted octanol–water partition coefficient (Wildman–Crippen LogP) is 2.48. The Hall–Kier alpha value is -4.27. The summed E-state index contributed by atoms with van der Waals surface area (Å²) in [5.74, 6) is 1.21. The van der Waals surface area contributed by atoms with Crippen molar-refractivity contribution in [3.63, 3.8) is 0 Å². The summed E-state index contributed by atoms with van der Waals surface area (Å²) in [5, 5.41) is 7.50. The molecule has 30 heavy (non-hydrogen) atoms. The van der Waals surface area contributed by atoms with Gasteiger partial charge >= 0.3 is 0 Å².